The normalized spacial score (nSPS) is 12.4. The van der Waals surface area contributed by atoms with Crippen LogP contribution in [0.5, 0.6) is 0 Å². The minimum absolute atomic E-state index is 0.0312. The zero-order valence-corrected chi connectivity index (χ0v) is 34.9. The number of esters is 1. The average molecular weight is 843 g/mol. The summed E-state index contributed by atoms with van der Waals surface area (Å²) in [5, 5.41) is 13.1. The molecule has 0 aromatic heterocycles. The van der Waals surface area contributed by atoms with Crippen LogP contribution in [0.1, 0.15) is 85.1 Å². The lowest BCUT2D eigenvalue weighted by Crippen LogP contribution is -2.54. The zero-order valence-electron chi connectivity index (χ0n) is 34.1. The smallest absolute Gasteiger partial charge is 0.420 e. The molecule has 1 aromatic rings. The van der Waals surface area contributed by atoms with Crippen molar-refractivity contribution < 1.29 is 56.7 Å². The summed E-state index contributed by atoms with van der Waals surface area (Å²) in [6, 6.07) is 3.74. The molecular weight excluding hydrogens is 781 g/mol. The molecule has 0 saturated heterocycles. The number of amides is 7. The van der Waals surface area contributed by atoms with E-state index < -0.39 is 59.2 Å². The number of benzene rings is 1. The molecule has 0 bridgehead atoms. The van der Waals surface area contributed by atoms with Crippen molar-refractivity contribution in [3.8, 4) is 0 Å². The van der Waals surface area contributed by atoms with Crippen molar-refractivity contribution in [2.45, 2.75) is 98.3 Å². The summed E-state index contributed by atoms with van der Waals surface area (Å²) in [5.41, 5.74) is 6.27. The monoisotopic (exact) mass is 842 g/mol. The third-order valence-electron chi connectivity index (χ3n) is 7.90. The van der Waals surface area contributed by atoms with Crippen LogP contribution in [-0.2, 0) is 55.9 Å². The molecule has 1 rings (SSSR count). The summed E-state index contributed by atoms with van der Waals surface area (Å²) < 4.78 is 37.3. The van der Waals surface area contributed by atoms with Crippen LogP contribution in [0.2, 0.25) is 0 Å². The van der Waals surface area contributed by atoms with E-state index in [1.807, 2.05) is 0 Å². The molecule has 20 nitrogen and oxygen atoms in total. The number of carbonyl (C=O) groups excluding carboxylic acids is 7. The van der Waals surface area contributed by atoms with Gasteiger partial charge >= 0.3 is 24.2 Å². The van der Waals surface area contributed by atoms with Gasteiger partial charge in [0.1, 0.15) is 25.3 Å². The van der Waals surface area contributed by atoms with Gasteiger partial charge in [0.15, 0.2) is 11.2 Å². The van der Waals surface area contributed by atoms with Crippen LogP contribution in [0.15, 0.2) is 24.3 Å². The molecule has 3 atom stereocenters. The fraction of sp³-hybridized carbons (Fsp3) is 0.649. The van der Waals surface area contributed by atoms with Crippen LogP contribution >= 0.6 is 0 Å². The van der Waals surface area contributed by atoms with E-state index in [0.29, 0.717) is 37.1 Å². The van der Waals surface area contributed by atoms with E-state index in [1.54, 1.807) is 52.0 Å². The molecule has 0 fully saturated rings. The molecule has 0 saturated carbocycles. The number of anilines is 1. The minimum atomic E-state index is -1.94. The summed E-state index contributed by atoms with van der Waals surface area (Å²) in [7, 11) is 0. The number of alkyl carbamates (subject to hydrolysis) is 1. The van der Waals surface area contributed by atoms with Gasteiger partial charge in [0, 0.05) is 31.7 Å². The fourth-order valence-corrected chi connectivity index (χ4v) is 5.27. The molecule has 0 aliphatic carbocycles. The number of ether oxygens (including phenoxy) is 4. The highest BCUT2D eigenvalue weighted by Gasteiger charge is 2.29. The highest BCUT2D eigenvalue weighted by molar-refractivity contribution is 7.81. The molecule has 21 heteroatoms. The Morgan fingerprint density at radius 2 is 1.43 bits per heavy atom. The summed E-state index contributed by atoms with van der Waals surface area (Å²) in [4.78, 5) is 85.6. The molecule has 0 aliphatic rings. The first-order valence-electron chi connectivity index (χ1n) is 19.4. The van der Waals surface area contributed by atoms with Crippen LogP contribution in [0.4, 0.5) is 20.1 Å². The van der Waals surface area contributed by atoms with Gasteiger partial charge in [-0.3, -0.25) is 19.2 Å². The third kappa shape index (κ3) is 24.6. The molecule has 9 N–H and O–H groups in total. The van der Waals surface area contributed by atoms with Crippen molar-refractivity contribution in [1.82, 2.24) is 30.7 Å². The van der Waals surface area contributed by atoms with Crippen LogP contribution in [0.25, 0.3) is 0 Å². The van der Waals surface area contributed by atoms with Gasteiger partial charge in [-0.05, 0) is 49.3 Å². The van der Waals surface area contributed by atoms with E-state index >= 15 is 0 Å². The lowest BCUT2D eigenvalue weighted by atomic mass is 10.0. The van der Waals surface area contributed by atoms with Crippen molar-refractivity contribution in [2.24, 2.45) is 17.6 Å². The Bertz CT molecular complexity index is 1470. The van der Waals surface area contributed by atoms with Gasteiger partial charge in [-0.1, -0.05) is 59.6 Å². The van der Waals surface area contributed by atoms with E-state index in [4.69, 9.17) is 24.7 Å². The van der Waals surface area contributed by atoms with Crippen LogP contribution in [0, 0.1) is 11.8 Å². The first-order valence-corrected chi connectivity index (χ1v) is 20.5. The Kier molecular flexibility index (Phi) is 26.5. The molecule has 0 aliphatic heterocycles. The largest absolute Gasteiger partial charge is 0.461 e. The quantitative estimate of drug-likeness (QED) is 0.0327. The number of urea groups is 1. The van der Waals surface area contributed by atoms with Crippen LogP contribution < -0.4 is 41.8 Å². The van der Waals surface area contributed by atoms with Crippen molar-refractivity contribution in [3.63, 3.8) is 0 Å². The minimum Gasteiger partial charge on any atom is -0.461 e. The van der Waals surface area contributed by atoms with E-state index in [9.17, 15) is 37.8 Å². The van der Waals surface area contributed by atoms with Crippen LogP contribution in [0.3, 0.4) is 0 Å². The van der Waals surface area contributed by atoms with Crippen molar-refractivity contribution in [3.05, 3.63) is 29.8 Å². The molecule has 0 heterocycles. The van der Waals surface area contributed by atoms with Crippen LogP contribution in [-0.4, -0.2) is 104 Å². The topological polar surface area (TPSA) is 284 Å². The highest BCUT2D eigenvalue weighted by atomic mass is 32.2. The van der Waals surface area contributed by atoms with Gasteiger partial charge in [-0.25, -0.2) is 28.0 Å². The van der Waals surface area contributed by atoms with Crippen molar-refractivity contribution in [2.75, 3.05) is 51.4 Å². The highest BCUT2D eigenvalue weighted by Crippen LogP contribution is 2.13. The number of nitrogens with two attached hydrogens (primary N) is 1. The molecule has 7 amide bonds. The van der Waals surface area contributed by atoms with E-state index in [-0.39, 0.29) is 70.3 Å². The molecular formula is C37H62N8O12S. The Hall–Kier alpha value is -5.02. The number of hydrogen-bond donors (Lipinski definition) is 8. The standard InChI is InChI=1S/C37H62N8O12S/c1-6-7-8-12-30(46)39-18-10-20-55-37(52)45-58(53)41-19-21-54-22-23-56-36(51)44-31(25(2)3)33(48)43-29(11-9-17-40-35(38)50)32(47)42-28-15-13-27(14-16-28)24-57-34(49)26(4)5/h13-16,25-26,29,31,41H,6-12,17-24H2,1-5H3,(H,39,46)(H,42,47)(H,43,48)(H,44,51)(H,45,52)(H3,38,40,50)/t29-,31-,58?/m1/s1. The predicted molar refractivity (Wildman–Crippen MR) is 215 cm³/mol. The lowest BCUT2D eigenvalue weighted by Gasteiger charge is -2.25. The summed E-state index contributed by atoms with van der Waals surface area (Å²) >= 11 is -1.94. The first kappa shape index (κ1) is 51.0. The van der Waals surface area contributed by atoms with Gasteiger partial charge in [0.05, 0.1) is 25.7 Å². The van der Waals surface area contributed by atoms with E-state index in [0.717, 1.165) is 19.3 Å². The number of nitrogens with one attached hydrogen (secondary N) is 7. The molecule has 1 aromatic carbocycles. The number of rotatable bonds is 29. The number of hydrogen-bond acceptors (Lipinski definition) is 12. The maximum absolute atomic E-state index is 13.4. The Morgan fingerprint density at radius 3 is 2.09 bits per heavy atom. The summed E-state index contributed by atoms with van der Waals surface area (Å²) in [6.45, 7) is 9.44. The summed E-state index contributed by atoms with van der Waals surface area (Å²) in [5.74, 6) is -2.26. The van der Waals surface area contributed by atoms with Crippen molar-refractivity contribution in [1.29, 1.82) is 0 Å². The van der Waals surface area contributed by atoms with Crippen molar-refractivity contribution >= 4 is 58.8 Å². The lowest BCUT2D eigenvalue weighted by molar-refractivity contribution is -0.148. The second kappa shape index (κ2) is 30.1. The maximum Gasteiger partial charge on any atom is 0.420 e. The Labute approximate surface area is 342 Å². The molecule has 1 unspecified atom stereocenters. The van der Waals surface area contributed by atoms with Gasteiger partial charge in [0.2, 0.25) is 17.7 Å². The second-order valence-corrected chi connectivity index (χ2v) is 14.6. The average Bonchev–Trinajstić information content (AvgIpc) is 3.16. The first-order chi connectivity index (χ1) is 27.6. The predicted octanol–water partition coefficient (Wildman–Crippen LogP) is 2.01. The molecule has 58 heavy (non-hydrogen) atoms. The fourth-order valence-electron chi connectivity index (χ4n) is 4.72. The Balaban J connectivity index is 2.49. The third-order valence-corrected chi connectivity index (χ3v) is 8.72. The molecule has 0 spiro atoms. The molecule has 0 radical (unpaired) electrons. The number of carbonyl (C=O) groups is 7. The van der Waals surface area contributed by atoms with Gasteiger partial charge in [-0.15, -0.1) is 0 Å². The maximum atomic E-state index is 13.4. The Morgan fingerprint density at radius 1 is 0.741 bits per heavy atom. The van der Waals surface area contributed by atoms with Gasteiger partial charge < -0.3 is 51.3 Å². The van der Waals surface area contributed by atoms with E-state index in [1.165, 1.54) is 0 Å². The van der Waals surface area contributed by atoms with E-state index in [2.05, 4.69) is 43.0 Å². The van der Waals surface area contributed by atoms with Gasteiger partial charge in [0.25, 0.3) is 0 Å². The zero-order chi connectivity index (χ0) is 43.3. The molecule has 328 valence electrons. The summed E-state index contributed by atoms with van der Waals surface area (Å²) in [6.07, 6.45) is 2.32. The van der Waals surface area contributed by atoms with Gasteiger partial charge in [-0.2, -0.15) is 0 Å². The SMILES string of the molecule is CCCCCC(=O)NCCCOC(=O)NS(=O)NCCOCCOC(=O)N[C@@H](C(=O)N[C@H](CCCNC(N)=O)C(=O)Nc1ccc(COC(=O)C(C)C)cc1)C(C)C. The number of unbranched alkanes of at least 4 members (excludes halogenated alkanes) is 2. The second-order valence-electron chi connectivity index (χ2n) is 13.6. The number of primary amides is 1.